The van der Waals surface area contributed by atoms with Crippen LogP contribution < -0.4 is 4.74 Å². The summed E-state index contributed by atoms with van der Waals surface area (Å²) >= 11 is 0. The number of rotatable bonds is 6. The topological polar surface area (TPSA) is 38.7 Å². The number of aliphatic hydroxyl groups excluding tert-OH is 1. The van der Waals surface area contributed by atoms with Crippen LogP contribution in [0.3, 0.4) is 0 Å². The minimum absolute atomic E-state index is 0.0257. The third-order valence-electron chi connectivity index (χ3n) is 2.89. The molecule has 0 fully saturated rings. The van der Waals surface area contributed by atoms with Gasteiger partial charge in [0, 0.05) is 12.7 Å². The molecule has 0 radical (unpaired) electrons. The second kappa shape index (κ2) is 6.92. The lowest BCUT2D eigenvalue weighted by Gasteiger charge is -2.10. The molecule has 3 nitrogen and oxygen atoms in total. The van der Waals surface area contributed by atoms with E-state index >= 15 is 0 Å². The number of hydrogen-bond donors (Lipinski definition) is 1. The first-order valence-corrected chi connectivity index (χ1v) is 6.28. The Hall–Kier alpha value is -1.84. The van der Waals surface area contributed by atoms with Crippen molar-refractivity contribution in [3.8, 4) is 11.5 Å². The summed E-state index contributed by atoms with van der Waals surface area (Å²) in [5, 5.41) is 9.24. The summed E-state index contributed by atoms with van der Waals surface area (Å²) in [7, 11) is 1.70. The minimum atomic E-state index is -0.0257. The normalized spacial score (nSPS) is 10.4. The quantitative estimate of drug-likeness (QED) is 0.865. The van der Waals surface area contributed by atoms with Crippen LogP contribution in [0.4, 0.5) is 0 Å². The highest BCUT2D eigenvalue weighted by Gasteiger charge is 2.03. The first-order chi connectivity index (χ1) is 9.33. The maximum absolute atomic E-state index is 9.24. The fourth-order valence-electron chi connectivity index (χ4n) is 1.81. The van der Waals surface area contributed by atoms with E-state index in [1.165, 1.54) is 5.56 Å². The molecule has 0 saturated heterocycles. The van der Waals surface area contributed by atoms with Crippen LogP contribution in [0.15, 0.2) is 48.5 Å². The third kappa shape index (κ3) is 3.81. The molecule has 0 heterocycles. The van der Waals surface area contributed by atoms with Crippen LogP contribution >= 0.6 is 0 Å². The number of hydrogen-bond acceptors (Lipinski definition) is 3. The van der Waals surface area contributed by atoms with Gasteiger partial charge in [-0.3, -0.25) is 0 Å². The molecule has 2 aromatic carbocycles. The van der Waals surface area contributed by atoms with Crippen molar-refractivity contribution in [3.63, 3.8) is 0 Å². The van der Waals surface area contributed by atoms with Gasteiger partial charge in [0.05, 0.1) is 13.2 Å². The largest absolute Gasteiger partial charge is 0.457 e. The van der Waals surface area contributed by atoms with Gasteiger partial charge in [0.1, 0.15) is 11.5 Å². The number of methoxy groups -OCH3 is 1. The summed E-state index contributed by atoms with van der Waals surface area (Å²) in [5.41, 5.74) is 2.00. The van der Waals surface area contributed by atoms with Gasteiger partial charge >= 0.3 is 0 Å². The van der Waals surface area contributed by atoms with Crippen molar-refractivity contribution in [2.75, 3.05) is 13.7 Å². The molecule has 0 spiro atoms. The second-order valence-electron chi connectivity index (χ2n) is 4.25. The third-order valence-corrected chi connectivity index (χ3v) is 2.89. The van der Waals surface area contributed by atoms with Gasteiger partial charge in [0.25, 0.3) is 0 Å². The van der Waals surface area contributed by atoms with E-state index in [4.69, 9.17) is 9.47 Å². The van der Waals surface area contributed by atoms with E-state index in [2.05, 4.69) is 0 Å². The van der Waals surface area contributed by atoms with Crippen LogP contribution in [0.2, 0.25) is 0 Å². The highest BCUT2D eigenvalue weighted by Crippen LogP contribution is 2.25. The maximum Gasteiger partial charge on any atom is 0.132 e. The summed E-state index contributed by atoms with van der Waals surface area (Å²) in [6.45, 7) is 0.690. The van der Waals surface area contributed by atoms with Crippen molar-refractivity contribution in [2.24, 2.45) is 0 Å². The first-order valence-electron chi connectivity index (χ1n) is 6.28. The average molecular weight is 258 g/mol. The molecule has 2 aromatic rings. The minimum Gasteiger partial charge on any atom is -0.457 e. The van der Waals surface area contributed by atoms with E-state index in [0.717, 1.165) is 17.7 Å². The Morgan fingerprint density at radius 2 is 1.74 bits per heavy atom. The molecule has 0 aromatic heterocycles. The lowest BCUT2D eigenvalue weighted by atomic mass is 10.1. The van der Waals surface area contributed by atoms with Gasteiger partial charge in [-0.15, -0.1) is 0 Å². The highest BCUT2D eigenvalue weighted by atomic mass is 16.5. The van der Waals surface area contributed by atoms with E-state index in [-0.39, 0.29) is 6.61 Å². The van der Waals surface area contributed by atoms with Crippen molar-refractivity contribution < 1.29 is 14.6 Å². The average Bonchev–Trinajstić information content (AvgIpc) is 2.47. The molecular weight excluding hydrogens is 240 g/mol. The van der Waals surface area contributed by atoms with Crippen molar-refractivity contribution >= 4 is 0 Å². The first kappa shape index (κ1) is 13.6. The molecule has 0 aliphatic carbocycles. The zero-order valence-electron chi connectivity index (χ0n) is 11.0. The Balaban J connectivity index is 2.06. The van der Waals surface area contributed by atoms with Gasteiger partial charge in [-0.25, -0.2) is 0 Å². The van der Waals surface area contributed by atoms with Gasteiger partial charge in [-0.2, -0.15) is 0 Å². The fraction of sp³-hybridized carbons (Fsp3) is 0.250. The zero-order chi connectivity index (χ0) is 13.5. The van der Waals surface area contributed by atoms with Crippen LogP contribution in [0, 0.1) is 0 Å². The van der Waals surface area contributed by atoms with Gasteiger partial charge in [0.2, 0.25) is 0 Å². The number of ether oxygens (including phenoxy) is 2. The second-order valence-corrected chi connectivity index (χ2v) is 4.25. The lowest BCUT2D eigenvalue weighted by Crippen LogP contribution is -1.95. The summed E-state index contributed by atoms with van der Waals surface area (Å²) in [4.78, 5) is 0. The Labute approximate surface area is 113 Å². The molecule has 0 atom stereocenters. The fourth-order valence-corrected chi connectivity index (χ4v) is 1.81. The Kier molecular flexibility index (Phi) is 4.95. The molecule has 0 bridgehead atoms. The van der Waals surface area contributed by atoms with Gasteiger partial charge in [-0.1, -0.05) is 30.3 Å². The summed E-state index contributed by atoms with van der Waals surface area (Å²) < 4.78 is 10.8. The monoisotopic (exact) mass is 258 g/mol. The van der Waals surface area contributed by atoms with Crippen molar-refractivity contribution in [1.29, 1.82) is 0 Å². The maximum atomic E-state index is 9.24. The molecule has 100 valence electrons. The molecule has 0 aliphatic rings. The Morgan fingerprint density at radius 1 is 1.00 bits per heavy atom. The molecular formula is C16H18O3. The zero-order valence-corrected chi connectivity index (χ0v) is 11.0. The van der Waals surface area contributed by atoms with Crippen LogP contribution in [0.25, 0.3) is 0 Å². The lowest BCUT2D eigenvalue weighted by molar-refractivity contribution is 0.202. The van der Waals surface area contributed by atoms with E-state index in [0.29, 0.717) is 12.4 Å². The Bertz CT molecular complexity index is 506. The van der Waals surface area contributed by atoms with Gasteiger partial charge in [0.15, 0.2) is 0 Å². The summed E-state index contributed by atoms with van der Waals surface area (Å²) in [6, 6.07) is 15.4. The van der Waals surface area contributed by atoms with Gasteiger partial charge < -0.3 is 14.6 Å². The summed E-state index contributed by atoms with van der Waals surface area (Å²) in [6.07, 6.45) is 0.893. The van der Waals surface area contributed by atoms with Crippen LogP contribution in [0.1, 0.15) is 11.1 Å². The molecule has 0 amide bonds. The van der Waals surface area contributed by atoms with Crippen molar-refractivity contribution in [3.05, 3.63) is 59.7 Å². The number of benzene rings is 2. The summed E-state index contributed by atoms with van der Waals surface area (Å²) in [5.74, 6) is 1.46. The molecule has 3 heteroatoms. The number of para-hydroxylation sites is 1. The SMILES string of the molecule is COCCc1ccc(Oc2ccccc2CO)cc1. The van der Waals surface area contributed by atoms with Crippen molar-refractivity contribution in [2.45, 2.75) is 13.0 Å². The molecule has 19 heavy (non-hydrogen) atoms. The van der Waals surface area contributed by atoms with Crippen molar-refractivity contribution in [1.82, 2.24) is 0 Å². The molecule has 0 unspecified atom stereocenters. The predicted molar refractivity (Wildman–Crippen MR) is 74.5 cm³/mol. The van der Waals surface area contributed by atoms with Crippen LogP contribution in [-0.2, 0) is 17.8 Å². The standard InChI is InChI=1S/C16H18O3/c1-18-11-10-13-6-8-15(9-7-13)19-16-5-3-2-4-14(16)12-17/h2-9,17H,10-12H2,1H3. The smallest absolute Gasteiger partial charge is 0.132 e. The van der Waals surface area contributed by atoms with Crippen LogP contribution in [0.5, 0.6) is 11.5 Å². The van der Waals surface area contributed by atoms with E-state index in [9.17, 15) is 5.11 Å². The van der Waals surface area contributed by atoms with E-state index < -0.39 is 0 Å². The molecule has 1 N–H and O–H groups in total. The molecule has 0 saturated carbocycles. The predicted octanol–water partition coefficient (Wildman–Crippen LogP) is 3.16. The molecule has 0 aliphatic heterocycles. The van der Waals surface area contributed by atoms with E-state index in [1.54, 1.807) is 7.11 Å². The number of aliphatic hydroxyl groups is 1. The van der Waals surface area contributed by atoms with E-state index in [1.807, 2.05) is 48.5 Å². The highest BCUT2D eigenvalue weighted by molar-refractivity contribution is 5.38. The molecule has 2 rings (SSSR count). The van der Waals surface area contributed by atoms with Gasteiger partial charge in [-0.05, 0) is 30.2 Å². The Morgan fingerprint density at radius 3 is 2.42 bits per heavy atom. The van der Waals surface area contributed by atoms with Crippen LogP contribution in [-0.4, -0.2) is 18.8 Å².